The molecule has 0 saturated heterocycles. The largest absolute Gasteiger partial charge is 0.478 e. The number of furan rings is 1. The Bertz CT molecular complexity index is 634. The molecule has 0 radical (unpaired) electrons. The summed E-state index contributed by atoms with van der Waals surface area (Å²) in [5.74, 6) is 0.605. The van der Waals surface area contributed by atoms with Gasteiger partial charge in [-0.1, -0.05) is 13.3 Å². The minimum Gasteiger partial charge on any atom is -0.478 e. The van der Waals surface area contributed by atoms with Crippen LogP contribution in [0.15, 0.2) is 28.9 Å². The Hall–Kier alpha value is -2.30. The molecule has 2 heterocycles. The molecular formula is C16H20N2O3. The predicted octanol–water partition coefficient (Wildman–Crippen LogP) is 3.27. The lowest BCUT2D eigenvalue weighted by Gasteiger charge is -2.19. The Morgan fingerprint density at radius 3 is 2.76 bits per heavy atom. The second kappa shape index (κ2) is 6.43. The van der Waals surface area contributed by atoms with E-state index in [1.165, 1.54) is 0 Å². The van der Waals surface area contributed by atoms with Gasteiger partial charge in [0.25, 0.3) is 0 Å². The van der Waals surface area contributed by atoms with E-state index in [9.17, 15) is 9.90 Å². The molecule has 0 atom stereocenters. The fourth-order valence-electron chi connectivity index (χ4n) is 2.19. The Balaban J connectivity index is 2.28. The van der Waals surface area contributed by atoms with Crippen molar-refractivity contribution in [1.29, 1.82) is 0 Å². The van der Waals surface area contributed by atoms with Crippen LogP contribution in [0, 0.1) is 6.92 Å². The first kappa shape index (κ1) is 15.1. The second-order valence-corrected chi connectivity index (χ2v) is 5.12. The lowest BCUT2D eigenvalue weighted by Crippen LogP contribution is -2.19. The van der Waals surface area contributed by atoms with E-state index >= 15 is 0 Å². The van der Waals surface area contributed by atoms with E-state index in [4.69, 9.17) is 4.42 Å². The molecule has 0 bridgehead atoms. The number of hydrogen-bond donors (Lipinski definition) is 1. The minimum absolute atomic E-state index is 0.277. The van der Waals surface area contributed by atoms with Gasteiger partial charge in [0.2, 0.25) is 0 Å². The molecule has 0 aliphatic carbocycles. The first-order valence-electron chi connectivity index (χ1n) is 6.99. The zero-order chi connectivity index (χ0) is 15.4. The topological polar surface area (TPSA) is 66.6 Å². The summed E-state index contributed by atoms with van der Waals surface area (Å²) < 4.78 is 5.28. The molecule has 5 nitrogen and oxygen atoms in total. The van der Waals surface area contributed by atoms with E-state index in [1.54, 1.807) is 18.4 Å². The van der Waals surface area contributed by atoms with Crippen molar-refractivity contribution in [3.8, 4) is 0 Å². The van der Waals surface area contributed by atoms with Crippen molar-refractivity contribution >= 4 is 11.8 Å². The molecule has 5 heteroatoms. The van der Waals surface area contributed by atoms with Crippen molar-refractivity contribution in [2.24, 2.45) is 0 Å². The molecular weight excluding hydrogens is 268 g/mol. The van der Waals surface area contributed by atoms with Crippen LogP contribution >= 0.6 is 0 Å². The van der Waals surface area contributed by atoms with Crippen molar-refractivity contribution in [2.45, 2.75) is 33.2 Å². The van der Waals surface area contributed by atoms with Crippen molar-refractivity contribution in [2.75, 3.05) is 11.9 Å². The highest BCUT2D eigenvalue weighted by Crippen LogP contribution is 2.19. The van der Waals surface area contributed by atoms with Crippen LogP contribution in [0.1, 0.15) is 40.7 Å². The monoisotopic (exact) mass is 288 g/mol. The van der Waals surface area contributed by atoms with Crippen LogP contribution in [0.3, 0.4) is 0 Å². The SMILES string of the molecule is CCCc1cc(C(=O)O)cc(N(C)Cc2ccoc2C)n1. The average Bonchev–Trinajstić information content (AvgIpc) is 2.84. The quantitative estimate of drug-likeness (QED) is 0.883. The van der Waals surface area contributed by atoms with E-state index in [0.717, 1.165) is 29.9 Å². The first-order valence-corrected chi connectivity index (χ1v) is 6.99. The third-order valence-corrected chi connectivity index (χ3v) is 3.38. The summed E-state index contributed by atoms with van der Waals surface area (Å²) in [6.45, 7) is 4.59. The van der Waals surface area contributed by atoms with Crippen LogP contribution in [0.4, 0.5) is 5.82 Å². The van der Waals surface area contributed by atoms with Gasteiger partial charge in [-0.2, -0.15) is 0 Å². The molecule has 112 valence electrons. The van der Waals surface area contributed by atoms with Gasteiger partial charge in [0.05, 0.1) is 11.8 Å². The van der Waals surface area contributed by atoms with Gasteiger partial charge in [-0.05, 0) is 31.5 Å². The number of anilines is 1. The molecule has 0 aliphatic heterocycles. The zero-order valence-corrected chi connectivity index (χ0v) is 12.6. The number of carboxylic acids is 1. The third kappa shape index (κ3) is 3.62. The molecule has 0 aromatic carbocycles. The molecule has 0 spiro atoms. The predicted molar refractivity (Wildman–Crippen MR) is 80.7 cm³/mol. The average molecular weight is 288 g/mol. The van der Waals surface area contributed by atoms with E-state index < -0.39 is 5.97 Å². The van der Waals surface area contributed by atoms with Crippen LogP contribution in [0.2, 0.25) is 0 Å². The van der Waals surface area contributed by atoms with Gasteiger partial charge in [-0.25, -0.2) is 9.78 Å². The van der Waals surface area contributed by atoms with Crippen LogP contribution in [0.5, 0.6) is 0 Å². The van der Waals surface area contributed by atoms with E-state index in [-0.39, 0.29) is 5.56 Å². The molecule has 2 aromatic heterocycles. The number of carboxylic acid groups (broad SMARTS) is 1. The standard InChI is InChI=1S/C16H20N2O3/c1-4-5-14-8-13(16(19)20)9-15(17-14)18(3)10-12-6-7-21-11(12)2/h6-9H,4-5,10H2,1-3H3,(H,19,20). The lowest BCUT2D eigenvalue weighted by atomic mass is 10.1. The Kier molecular flexibility index (Phi) is 4.62. The highest BCUT2D eigenvalue weighted by atomic mass is 16.4. The summed E-state index contributed by atoms with van der Waals surface area (Å²) in [7, 11) is 1.90. The smallest absolute Gasteiger partial charge is 0.335 e. The van der Waals surface area contributed by atoms with Gasteiger partial charge >= 0.3 is 5.97 Å². The van der Waals surface area contributed by atoms with Crippen molar-refractivity contribution < 1.29 is 14.3 Å². The van der Waals surface area contributed by atoms with Gasteiger partial charge in [-0.3, -0.25) is 0 Å². The fourth-order valence-corrected chi connectivity index (χ4v) is 2.19. The number of rotatable bonds is 6. The number of pyridine rings is 1. The Morgan fingerprint density at radius 1 is 1.43 bits per heavy atom. The van der Waals surface area contributed by atoms with Crippen molar-refractivity contribution in [1.82, 2.24) is 4.98 Å². The summed E-state index contributed by atoms with van der Waals surface area (Å²) in [5.41, 5.74) is 2.15. The second-order valence-electron chi connectivity index (χ2n) is 5.12. The summed E-state index contributed by atoms with van der Waals surface area (Å²) >= 11 is 0. The lowest BCUT2D eigenvalue weighted by molar-refractivity contribution is 0.0696. The number of aromatic carboxylic acids is 1. The summed E-state index contributed by atoms with van der Waals surface area (Å²) in [6.07, 6.45) is 3.36. The van der Waals surface area contributed by atoms with Crippen LogP contribution in [-0.2, 0) is 13.0 Å². The molecule has 1 N–H and O–H groups in total. The fraction of sp³-hybridized carbons (Fsp3) is 0.375. The third-order valence-electron chi connectivity index (χ3n) is 3.38. The van der Waals surface area contributed by atoms with Gasteiger partial charge < -0.3 is 14.4 Å². The number of carbonyl (C=O) groups is 1. The van der Waals surface area contributed by atoms with Gasteiger partial charge in [0, 0.05) is 24.8 Å². The maximum absolute atomic E-state index is 11.2. The van der Waals surface area contributed by atoms with Crippen LogP contribution in [0.25, 0.3) is 0 Å². The molecule has 0 amide bonds. The highest BCUT2D eigenvalue weighted by molar-refractivity contribution is 5.88. The number of aromatic nitrogens is 1. The molecule has 2 rings (SSSR count). The number of aryl methyl sites for hydroxylation is 2. The van der Waals surface area contributed by atoms with Crippen molar-refractivity contribution in [3.63, 3.8) is 0 Å². The number of hydrogen-bond acceptors (Lipinski definition) is 4. The van der Waals surface area contributed by atoms with Crippen molar-refractivity contribution in [3.05, 3.63) is 47.0 Å². The first-order chi connectivity index (χ1) is 10.0. The highest BCUT2D eigenvalue weighted by Gasteiger charge is 2.13. The van der Waals surface area contributed by atoms with E-state index in [0.29, 0.717) is 12.4 Å². The van der Waals surface area contributed by atoms with Gasteiger partial charge in [-0.15, -0.1) is 0 Å². The molecule has 0 unspecified atom stereocenters. The maximum atomic E-state index is 11.2. The summed E-state index contributed by atoms with van der Waals surface area (Å²) in [6, 6.07) is 5.17. The van der Waals surface area contributed by atoms with E-state index in [1.807, 2.05) is 31.9 Å². The molecule has 0 aliphatic rings. The molecule has 2 aromatic rings. The number of nitrogens with zero attached hydrogens (tertiary/aromatic N) is 2. The van der Waals surface area contributed by atoms with Gasteiger partial charge in [0.1, 0.15) is 11.6 Å². The Labute approximate surface area is 124 Å². The Morgan fingerprint density at radius 2 is 2.19 bits per heavy atom. The van der Waals surface area contributed by atoms with E-state index in [2.05, 4.69) is 4.98 Å². The zero-order valence-electron chi connectivity index (χ0n) is 12.6. The molecule has 0 saturated carbocycles. The normalized spacial score (nSPS) is 10.6. The van der Waals surface area contributed by atoms with Gasteiger partial charge in [0.15, 0.2) is 0 Å². The maximum Gasteiger partial charge on any atom is 0.335 e. The molecule has 21 heavy (non-hydrogen) atoms. The van der Waals surface area contributed by atoms with Crippen LogP contribution < -0.4 is 4.90 Å². The minimum atomic E-state index is -0.927. The van der Waals surface area contributed by atoms with Crippen LogP contribution in [-0.4, -0.2) is 23.1 Å². The molecule has 0 fully saturated rings. The summed E-state index contributed by atoms with van der Waals surface area (Å²) in [4.78, 5) is 17.7. The summed E-state index contributed by atoms with van der Waals surface area (Å²) in [5, 5.41) is 9.22.